The van der Waals surface area contributed by atoms with Gasteiger partial charge in [0, 0.05) is 39.7 Å². The second-order valence-corrected chi connectivity index (χ2v) is 7.25. The first kappa shape index (κ1) is 20.4. The van der Waals surface area contributed by atoms with E-state index in [-0.39, 0.29) is 24.3 Å². The number of likely N-dealkylation sites (N-methyl/N-ethyl adjacent to an activating group) is 1. The maximum Gasteiger partial charge on any atom is 0.258 e. The number of anilines is 1. The van der Waals surface area contributed by atoms with E-state index in [0.29, 0.717) is 23.4 Å². The highest BCUT2D eigenvalue weighted by Crippen LogP contribution is 2.30. The zero-order valence-electron chi connectivity index (χ0n) is 17.1. The van der Waals surface area contributed by atoms with Crippen LogP contribution < -0.4 is 10.1 Å². The van der Waals surface area contributed by atoms with E-state index in [1.54, 1.807) is 43.3 Å². The van der Waals surface area contributed by atoms with E-state index in [2.05, 4.69) is 5.32 Å². The average Bonchev–Trinajstić information content (AvgIpc) is 2.71. The number of ether oxygens (including phenoxy) is 1. The zero-order chi connectivity index (χ0) is 21.1. The number of methoxy groups -OCH3 is 1. The molecule has 1 aliphatic heterocycles. The Kier molecular flexibility index (Phi) is 5.87. The molecule has 1 atom stereocenters. The number of amides is 3. The van der Waals surface area contributed by atoms with E-state index >= 15 is 0 Å². The van der Waals surface area contributed by atoms with Crippen LogP contribution in [0.1, 0.15) is 28.4 Å². The number of nitrogens with one attached hydrogen (secondary N) is 1. The van der Waals surface area contributed by atoms with Crippen molar-refractivity contribution in [3.63, 3.8) is 0 Å². The van der Waals surface area contributed by atoms with E-state index in [4.69, 9.17) is 4.74 Å². The zero-order valence-corrected chi connectivity index (χ0v) is 17.1. The van der Waals surface area contributed by atoms with Gasteiger partial charge in [0.25, 0.3) is 5.91 Å². The SMILES string of the molecule is COc1ccccc1C(=O)N1Cc2cc(NC(C)=O)ccc2C[C@H]1C(=O)N(C)C. The molecule has 0 bridgehead atoms. The summed E-state index contributed by atoms with van der Waals surface area (Å²) in [5, 5.41) is 2.76. The van der Waals surface area contributed by atoms with Gasteiger partial charge in [-0.3, -0.25) is 14.4 Å². The van der Waals surface area contributed by atoms with Crippen molar-refractivity contribution in [2.24, 2.45) is 0 Å². The number of carbonyl (C=O) groups is 3. The molecule has 152 valence electrons. The Bertz CT molecular complexity index is 955. The number of hydrogen-bond donors (Lipinski definition) is 1. The Morgan fingerprint density at radius 1 is 1.10 bits per heavy atom. The fourth-order valence-corrected chi connectivity index (χ4v) is 3.57. The number of para-hydroxylation sites is 1. The molecule has 3 amide bonds. The molecule has 0 radical (unpaired) electrons. The van der Waals surface area contributed by atoms with Crippen LogP contribution in [0.15, 0.2) is 42.5 Å². The third kappa shape index (κ3) is 4.23. The molecular formula is C22H25N3O4. The van der Waals surface area contributed by atoms with Gasteiger partial charge in [-0.1, -0.05) is 18.2 Å². The summed E-state index contributed by atoms with van der Waals surface area (Å²) in [6.45, 7) is 1.71. The maximum absolute atomic E-state index is 13.4. The predicted octanol–water partition coefficient (Wildman–Crippen LogP) is 2.31. The number of nitrogens with zero attached hydrogens (tertiary/aromatic N) is 2. The minimum atomic E-state index is -0.610. The number of carbonyl (C=O) groups excluding carboxylic acids is 3. The van der Waals surface area contributed by atoms with Crippen molar-refractivity contribution in [3.05, 3.63) is 59.2 Å². The lowest BCUT2D eigenvalue weighted by atomic mass is 9.92. The summed E-state index contributed by atoms with van der Waals surface area (Å²) in [7, 11) is 4.88. The van der Waals surface area contributed by atoms with Gasteiger partial charge >= 0.3 is 0 Å². The predicted molar refractivity (Wildman–Crippen MR) is 110 cm³/mol. The van der Waals surface area contributed by atoms with Crippen molar-refractivity contribution in [2.45, 2.75) is 25.9 Å². The fourth-order valence-electron chi connectivity index (χ4n) is 3.57. The Labute approximate surface area is 170 Å². The highest BCUT2D eigenvalue weighted by atomic mass is 16.5. The molecule has 0 saturated carbocycles. The molecule has 29 heavy (non-hydrogen) atoms. The standard InChI is InChI=1S/C22H25N3O4/c1-14(26)23-17-10-9-15-12-19(22(28)24(2)3)25(13-16(15)11-17)21(27)18-7-5-6-8-20(18)29-4/h5-11,19H,12-13H2,1-4H3,(H,23,26)/t19-/m0/s1. The second-order valence-electron chi connectivity index (χ2n) is 7.25. The molecule has 7 nitrogen and oxygen atoms in total. The number of hydrogen-bond acceptors (Lipinski definition) is 4. The van der Waals surface area contributed by atoms with Crippen LogP contribution in [0.3, 0.4) is 0 Å². The van der Waals surface area contributed by atoms with Gasteiger partial charge in [0.15, 0.2) is 0 Å². The van der Waals surface area contributed by atoms with Crippen LogP contribution in [-0.2, 0) is 22.6 Å². The quantitative estimate of drug-likeness (QED) is 0.862. The summed E-state index contributed by atoms with van der Waals surface area (Å²) >= 11 is 0. The van der Waals surface area contributed by atoms with Crippen molar-refractivity contribution in [2.75, 3.05) is 26.5 Å². The minimum absolute atomic E-state index is 0.134. The Morgan fingerprint density at radius 3 is 2.48 bits per heavy atom. The van der Waals surface area contributed by atoms with Gasteiger partial charge in [-0.05, 0) is 35.4 Å². The van der Waals surface area contributed by atoms with Crippen LogP contribution in [0.4, 0.5) is 5.69 Å². The molecule has 1 aliphatic rings. The summed E-state index contributed by atoms with van der Waals surface area (Å²) < 4.78 is 5.34. The summed E-state index contributed by atoms with van der Waals surface area (Å²) in [6, 6.07) is 12.0. The van der Waals surface area contributed by atoms with Gasteiger partial charge in [0.1, 0.15) is 11.8 Å². The molecule has 3 rings (SSSR count). The summed E-state index contributed by atoms with van der Waals surface area (Å²) in [5.41, 5.74) is 2.97. The average molecular weight is 395 g/mol. The number of rotatable bonds is 4. The lowest BCUT2D eigenvalue weighted by molar-refractivity contribution is -0.134. The second kappa shape index (κ2) is 8.34. The van der Waals surface area contributed by atoms with E-state index in [0.717, 1.165) is 11.1 Å². The molecule has 2 aromatic carbocycles. The molecule has 1 heterocycles. The van der Waals surface area contributed by atoms with Crippen molar-refractivity contribution in [1.82, 2.24) is 9.80 Å². The smallest absolute Gasteiger partial charge is 0.258 e. The van der Waals surface area contributed by atoms with E-state index in [1.165, 1.54) is 18.9 Å². The van der Waals surface area contributed by atoms with Gasteiger partial charge in [0.2, 0.25) is 11.8 Å². The highest BCUT2D eigenvalue weighted by Gasteiger charge is 2.36. The summed E-state index contributed by atoms with van der Waals surface area (Å²) in [5.74, 6) is -0.0993. The van der Waals surface area contributed by atoms with E-state index in [1.807, 2.05) is 18.2 Å². The van der Waals surface area contributed by atoms with Crippen LogP contribution in [0.5, 0.6) is 5.75 Å². The first-order valence-electron chi connectivity index (χ1n) is 9.36. The molecule has 0 fully saturated rings. The first-order chi connectivity index (χ1) is 13.8. The van der Waals surface area contributed by atoms with Crippen LogP contribution in [0, 0.1) is 0 Å². The molecule has 0 aromatic heterocycles. The van der Waals surface area contributed by atoms with Crippen molar-refractivity contribution in [3.8, 4) is 5.75 Å². The molecule has 1 N–H and O–H groups in total. The van der Waals surface area contributed by atoms with E-state index in [9.17, 15) is 14.4 Å². The summed E-state index contributed by atoms with van der Waals surface area (Å²) in [4.78, 5) is 40.7. The van der Waals surface area contributed by atoms with Crippen molar-refractivity contribution >= 4 is 23.4 Å². The van der Waals surface area contributed by atoms with E-state index < -0.39 is 6.04 Å². The number of benzene rings is 2. The third-order valence-corrected chi connectivity index (χ3v) is 4.98. The molecule has 0 saturated heterocycles. The van der Waals surface area contributed by atoms with Crippen molar-refractivity contribution < 1.29 is 19.1 Å². The normalized spacial score (nSPS) is 15.3. The molecule has 2 aromatic rings. The Balaban J connectivity index is 2.01. The van der Waals surface area contributed by atoms with Gasteiger partial charge in [-0.25, -0.2) is 0 Å². The highest BCUT2D eigenvalue weighted by molar-refractivity contribution is 6.00. The lowest BCUT2D eigenvalue weighted by Crippen LogP contribution is -2.52. The van der Waals surface area contributed by atoms with Gasteiger partial charge < -0.3 is 19.9 Å². The van der Waals surface area contributed by atoms with Crippen LogP contribution in [0.25, 0.3) is 0 Å². The van der Waals surface area contributed by atoms with Gasteiger partial charge in [-0.15, -0.1) is 0 Å². The van der Waals surface area contributed by atoms with Crippen molar-refractivity contribution in [1.29, 1.82) is 0 Å². The monoisotopic (exact) mass is 395 g/mol. The fraction of sp³-hybridized carbons (Fsp3) is 0.318. The van der Waals surface area contributed by atoms with Gasteiger partial charge in [-0.2, -0.15) is 0 Å². The molecule has 0 spiro atoms. The lowest BCUT2D eigenvalue weighted by Gasteiger charge is -2.37. The van der Waals surface area contributed by atoms with Crippen LogP contribution in [-0.4, -0.2) is 54.8 Å². The largest absolute Gasteiger partial charge is 0.496 e. The maximum atomic E-state index is 13.4. The molecule has 7 heteroatoms. The van der Waals surface area contributed by atoms with Gasteiger partial charge in [0.05, 0.1) is 12.7 Å². The van der Waals surface area contributed by atoms with Crippen LogP contribution >= 0.6 is 0 Å². The molecule has 0 unspecified atom stereocenters. The third-order valence-electron chi connectivity index (χ3n) is 4.98. The molecular weight excluding hydrogens is 370 g/mol. The Hall–Kier alpha value is -3.35. The molecule has 0 aliphatic carbocycles. The topological polar surface area (TPSA) is 79.0 Å². The minimum Gasteiger partial charge on any atom is -0.496 e. The first-order valence-corrected chi connectivity index (χ1v) is 9.36. The van der Waals surface area contributed by atoms with Crippen LogP contribution in [0.2, 0.25) is 0 Å². The Morgan fingerprint density at radius 2 is 1.83 bits per heavy atom. The number of fused-ring (bicyclic) bond motifs is 1. The summed E-state index contributed by atoms with van der Waals surface area (Å²) in [6.07, 6.45) is 0.410.